The van der Waals surface area contributed by atoms with Crippen LogP contribution in [0.1, 0.15) is 5.56 Å². The first-order valence-corrected chi connectivity index (χ1v) is 8.90. The zero-order chi connectivity index (χ0) is 18.1. The number of hydrogen-bond acceptors (Lipinski definition) is 4. The molecule has 2 aromatic heterocycles. The van der Waals surface area contributed by atoms with E-state index < -0.39 is 0 Å². The number of methoxy groups -OCH3 is 1. The molecule has 130 valence electrons. The minimum Gasteiger partial charge on any atom is -0.496 e. The molecule has 0 N–H and O–H groups in total. The molecule has 0 fully saturated rings. The summed E-state index contributed by atoms with van der Waals surface area (Å²) in [6.45, 7) is 0.187. The molecular weight excluding hydrogens is 351 g/mol. The van der Waals surface area contributed by atoms with Gasteiger partial charge in [-0.3, -0.25) is 9.36 Å². The molecule has 0 unspecified atom stereocenters. The Morgan fingerprint density at radius 1 is 1.19 bits per heavy atom. The molecule has 4 aromatic rings. The van der Waals surface area contributed by atoms with Gasteiger partial charge >= 0.3 is 0 Å². The van der Waals surface area contributed by atoms with E-state index in [9.17, 15) is 9.18 Å². The van der Waals surface area contributed by atoms with E-state index in [1.165, 1.54) is 41.5 Å². The molecule has 0 aliphatic heterocycles. The normalized spacial score (nSPS) is 11.0. The van der Waals surface area contributed by atoms with Gasteiger partial charge in [-0.05, 0) is 23.8 Å². The fourth-order valence-corrected chi connectivity index (χ4v) is 3.87. The third-order valence-corrected chi connectivity index (χ3v) is 5.11. The Bertz CT molecular complexity index is 1140. The Morgan fingerprint density at radius 2 is 2.00 bits per heavy atom. The topological polar surface area (TPSA) is 44.1 Å². The lowest BCUT2D eigenvalue weighted by atomic mass is 10.1. The van der Waals surface area contributed by atoms with Crippen LogP contribution in [-0.4, -0.2) is 16.7 Å². The van der Waals surface area contributed by atoms with Crippen LogP contribution in [0.4, 0.5) is 4.39 Å². The van der Waals surface area contributed by atoms with Crippen LogP contribution >= 0.6 is 11.3 Å². The first kappa shape index (κ1) is 16.5. The summed E-state index contributed by atoms with van der Waals surface area (Å²) in [7, 11) is 1.52. The van der Waals surface area contributed by atoms with E-state index in [1.807, 2.05) is 35.7 Å². The smallest absolute Gasteiger partial charge is 0.263 e. The zero-order valence-corrected chi connectivity index (χ0v) is 14.8. The molecule has 0 spiro atoms. The van der Waals surface area contributed by atoms with Gasteiger partial charge in [0, 0.05) is 16.5 Å². The molecule has 0 saturated heterocycles. The van der Waals surface area contributed by atoms with Gasteiger partial charge < -0.3 is 4.74 Å². The molecule has 2 heterocycles. The number of fused-ring (bicyclic) bond motifs is 1. The summed E-state index contributed by atoms with van der Waals surface area (Å²) in [5.41, 5.74) is 2.27. The molecule has 0 bridgehead atoms. The summed E-state index contributed by atoms with van der Waals surface area (Å²) in [6.07, 6.45) is 1.50. The number of aromatic nitrogens is 2. The quantitative estimate of drug-likeness (QED) is 0.540. The van der Waals surface area contributed by atoms with Crippen LogP contribution in [0.15, 0.2) is 65.0 Å². The van der Waals surface area contributed by atoms with Gasteiger partial charge in [0.2, 0.25) is 0 Å². The highest BCUT2D eigenvalue weighted by Gasteiger charge is 2.14. The van der Waals surface area contributed by atoms with Gasteiger partial charge in [0.25, 0.3) is 5.56 Å². The number of hydrogen-bond donors (Lipinski definition) is 0. The van der Waals surface area contributed by atoms with Crippen LogP contribution in [0, 0.1) is 5.82 Å². The second-order valence-electron chi connectivity index (χ2n) is 5.83. The molecule has 6 heteroatoms. The van der Waals surface area contributed by atoms with Crippen molar-refractivity contribution in [3.8, 4) is 16.9 Å². The van der Waals surface area contributed by atoms with Crippen molar-refractivity contribution in [2.24, 2.45) is 0 Å². The van der Waals surface area contributed by atoms with E-state index >= 15 is 0 Å². The summed E-state index contributed by atoms with van der Waals surface area (Å²) in [5.74, 6) is 0.162. The molecule has 0 aliphatic carbocycles. The Morgan fingerprint density at radius 3 is 2.77 bits per heavy atom. The molecule has 0 aliphatic rings. The van der Waals surface area contributed by atoms with Gasteiger partial charge in [-0.25, -0.2) is 9.37 Å². The molecular formula is C20H15FN2O2S. The van der Waals surface area contributed by atoms with Gasteiger partial charge in [0.15, 0.2) is 0 Å². The number of rotatable bonds is 4. The molecule has 2 aromatic carbocycles. The van der Waals surface area contributed by atoms with Crippen molar-refractivity contribution in [2.75, 3.05) is 7.11 Å². The summed E-state index contributed by atoms with van der Waals surface area (Å²) in [5, 5.41) is 2.53. The lowest BCUT2D eigenvalue weighted by Crippen LogP contribution is -2.21. The number of thiophene rings is 1. The van der Waals surface area contributed by atoms with Gasteiger partial charge in [0.1, 0.15) is 16.4 Å². The van der Waals surface area contributed by atoms with Crippen LogP contribution in [0.5, 0.6) is 5.75 Å². The highest BCUT2D eigenvalue weighted by molar-refractivity contribution is 7.17. The van der Waals surface area contributed by atoms with Crippen molar-refractivity contribution in [1.29, 1.82) is 0 Å². The highest BCUT2D eigenvalue weighted by atomic mass is 32.1. The molecule has 26 heavy (non-hydrogen) atoms. The minimum absolute atomic E-state index is 0.151. The van der Waals surface area contributed by atoms with Crippen molar-refractivity contribution in [3.63, 3.8) is 0 Å². The second-order valence-corrected chi connectivity index (χ2v) is 6.69. The Labute approximate surface area is 153 Å². The SMILES string of the molecule is COc1ccc(F)cc1Cn1cnc2scc(-c3ccccc3)c2c1=O. The molecule has 0 amide bonds. The first-order chi connectivity index (χ1) is 12.7. The number of ether oxygens (including phenoxy) is 1. The Hall–Kier alpha value is -2.99. The third-order valence-electron chi connectivity index (χ3n) is 4.23. The van der Waals surface area contributed by atoms with E-state index in [0.717, 1.165) is 11.1 Å². The van der Waals surface area contributed by atoms with Crippen molar-refractivity contribution in [1.82, 2.24) is 9.55 Å². The lowest BCUT2D eigenvalue weighted by molar-refractivity contribution is 0.406. The Balaban J connectivity index is 1.84. The molecule has 0 saturated carbocycles. The summed E-state index contributed by atoms with van der Waals surface area (Å²) in [6, 6.07) is 14.0. The summed E-state index contributed by atoms with van der Waals surface area (Å²) >= 11 is 1.44. The standard InChI is InChI=1S/C20H15FN2O2S/c1-25-17-8-7-15(21)9-14(17)10-23-12-22-19-18(20(23)24)16(11-26-19)13-5-3-2-4-6-13/h2-9,11-12H,10H2,1H3. The first-order valence-electron chi connectivity index (χ1n) is 8.02. The van der Waals surface area contributed by atoms with Crippen molar-refractivity contribution < 1.29 is 9.13 Å². The fourth-order valence-electron chi connectivity index (χ4n) is 2.96. The van der Waals surface area contributed by atoms with Gasteiger partial charge in [-0.15, -0.1) is 11.3 Å². The molecule has 0 radical (unpaired) electrons. The van der Waals surface area contributed by atoms with Crippen molar-refractivity contribution >= 4 is 21.6 Å². The predicted octanol–water partition coefficient (Wildman–Crippen LogP) is 4.32. The highest BCUT2D eigenvalue weighted by Crippen LogP contribution is 2.30. The molecule has 4 rings (SSSR count). The van der Waals surface area contributed by atoms with Gasteiger partial charge in [-0.2, -0.15) is 0 Å². The van der Waals surface area contributed by atoms with E-state index in [1.54, 1.807) is 6.07 Å². The van der Waals surface area contributed by atoms with Crippen LogP contribution < -0.4 is 10.3 Å². The van der Waals surface area contributed by atoms with E-state index in [4.69, 9.17) is 4.74 Å². The number of benzene rings is 2. The fraction of sp³-hybridized carbons (Fsp3) is 0.100. The van der Waals surface area contributed by atoms with Crippen molar-refractivity contribution in [2.45, 2.75) is 6.54 Å². The van der Waals surface area contributed by atoms with Crippen LogP contribution in [0.25, 0.3) is 21.3 Å². The number of nitrogens with zero attached hydrogens (tertiary/aromatic N) is 2. The lowest BCUT2D eigenvalue weighted by Gasteiger charge is -2.10. The van der Waals surface area contributed by atoms with Gasteiger partial charge in [-0.1, -0.05) is 30.3 Å². The van der Waals surface area contributed by atoms with E-state index in [2.05, 4.69) is 4.98 Å². The maximum absolute atomic E-state index is 13.6. The summed E-state index contributed by atoms with van der Waals surface area (Å²) < 4.78 is 20.4. The summed E-state index contributed by atoms with van der Waals surface area (Å²) in [4.78, 5) is 18.2. The van der Waals surface area contributed by atoms with Gasteiger partial charge in [0.05, 0.1) is 25.4 Å². The molecule has 4 nitrogen and oxygen atoms in total. The monoisotopic (exact) mass is 366 g/mol. The second kappa shape index (κ2) is 6.72. The maximum Gasteiger partial charge on any atom is 0.263 e. The Kier molecular flexibility index (Phi) is 4.26. The predicted molar refractivity (Wildman–Crippen MR) is 101 cm³/mol. The van der Waals surface area contributed by atoms with E-state index in [-0.39, 0.29) is 17.9 Å². The average Bonchev–Trinajstić information content (AvgIpc) is 3.10. The number of halogens is 1. The van der Waals surface area contributed by atoms with E-state index in [0.29, 0.717) is 21.5 Å². The van der Waals surface area contributed by atoms with Crippen LogP contribution in [0.2, 0.25) is 0 Å². The van der Waals surface area contributed by atoms with Crippen LogP contribution in [-0.2, 0) is 6.54 Å². The van der Waals surface area contributed by atoms with Crippen LogP contribution in [0.3, 0.4) is 0 Å². The average molecular weight is 366 g/mol. The zero-order valence-electron chi connectivity index (χ0n) is 14.0. The van der Waals surface area contributed by atoms with Crippen molar-refractivity contribution in [3.05, 3.63) is 82.0 Å². The molecule has 0 atom stereocenters. The third kappa shape index (κ3) is 2.88. The minimum atomic E-state index is -0.372. The maximum atomic E-state index is 13.6. The largest absolute Gasteiger partial charge is 0.496 e.